The number of aliphatic carboxylic acids is 1. The van der Waals surface area contributed by atoms with E-state index in [2.05, 4.69) is 21.8 Å². The van der Waals surface area contributed by atoms with E-state index in [0.29, 0.717) is 19.8 Å². The lowest BCUT2D eigenvalue weighted by Gasteiger charge is -2.34. The number of unbranched alkanes of at least 4 members (excludes halogenated alkanes) is 1. The van der Waals surface area contributed by atoms with E-state index >= 15 is 0 Å². The van der Waals surface area contributed by atoms with E-state index in [1.54, 1.807) is 0 Å². The zero-order chi connectivity index (χ0) is 15.6. The molecular weight excluding hydrogens is 282 g/mol. The number of likely N-dealkylation sites (tertiary alicyclic amines) is 1. The van der Waals surface area contributed by atoms with Gasteiger partial charge < -0.3 is 14.8 Å². The van der Waals surface area contributed by atoms with Crippen LogP contribution in [0.25, 0.3) is 0 Å². The summed E-state index contributed by atoms with van der Waals surface area (Å²) >= 11 is 0. The van der Waals surface area contributed by atoms with Crippen molar-refractivity contribution in [3.05, 3.63) is 17.7 Å². The van der Waals surface area contributed by atoms with Crippen LogP contribution in [-0.4, -0.2) is 52.2 Å². The van der Waals surface area contributed by atoms with Gasteiger partial charge in [0.1, 0.15) is 11.2 Å². The van der Waals surface area contributed by atoms with Gasteiger partial charge in [0.2, 0.25) is 0 Å². The van der Waals surface area contributed by atoms with E-state index in [9.17, 15) is 9.90 Å². The fraction of sp³-hybridized carbons (Fsp3) is 0.750. The van der Waals surface area contributed by atoms with Crippen LogP contribution in [0.4, 0.5) is 0 Å². The van der Waals surface area contributed by atoms with E-state index < -0.39 is 11.4 Å². The highest BCUT2D eigenvalue weighted by Crippen LogP contribution is 2.42. The Labute approximate surface area is 130 Å². The molecule has 2 saturated heterocycles. The highest BCUT2D eigenvalue weighted by molar-refractivity contribution is 5.76. The topological polar surface area (TPSA) is 78.5 Å². The van der Waals surface area contributed by atoms with E-state index in [1.807, 2.05) is 6.20 Å². The first-order valence-corrected chi connectivity index (χ1v) is 8.20. The summed E-state index contributed by atoms with van der Waals surface area (Å²) in [5.41, 5.74) is 0.356. The number of carboxylic acid groups (broad SMARTS) is 1. The maximum absolute atomic E-state index is 11.8. The van der Waals surface area contributed by atoms with Gasteiger partial charge in [0, 0.05) is 44.6 Å². The molecule has 0 amide bonds. The van der Waals surface area contributed by atoms with Crippen LogP contribution in [0.2, 0.25) is 0 Å². The third-order valence-electron chi connectivity index (χ3n) is 5.00. The molecule has 0 bridgehead atoms. The second-order valence-corrected chi connectivity index (χ2v) is 6.63. The fourth-order valence-electron chi connectivity index (χ4n) is 3.71. The van der Waals surface area contributed by atoms with Gasteiger partial charge in [-0.05, 0) is 18.8 Å². The highest BCUT2D eigenvalue weighted by Gasteiger charge is 2.53. The van der Waals surface area contributed by atoms with Crippen molar-refractivity contribution < 1.29 is 14.6 Å². The van der Waals surface area contributed by atoms with Crippen molar-refractivity contribution in [2.24, 2.45) is 11.3 Å². The molecule has 1 aromatic heterocycles. The minimum absolute atomic E-state index is 0.196. The van der Waals surface area contributed by atoms with Gasteiger partial charge in [0.05, 0.1) is 6.61 Å². The van der Waals surface area contributed by atoms with Gasteiger partial charge in [0.15, 0.2) is 0 Å². The maximum Gasteiger partial charge on any atom is 0.313 e. The molecule has 2 fully saturated rings. The number of fused-ring (bicyclic) bond motifs is 1. The molecule has 6 heteroatoms. The maximum atomic E-state index is 11.8. The Hall–Kier alpha value is -1.40. The molecule has 0 spiro atoms. The van der Waals surface area contributed by atoms with Crippen LogP contribution in [0.1, 0.15) is 37.7 Å². The van der Waals surface area contributed by atoms with Crippen LogP contribution in [0.5, 0.6) is 0 Å². The van der Waals surface area contributed by atoms with Crippen molar-refractivity contribution in [2.75, 3.05) is 26.3 Å². The number of aromatic amines is 1. The number of ether oxygens (including phenoxy) is 1. The van der Waals surface area contributed by atoms with Crippen molar-refractivity contribution >= 4 is 5.97 Å². The molecular formula is C16H25N3O3. The summed E-state index contributed by atoms with van der Waals surface area (Å²) in [5, 5.41) is 9.66. The third kappa shape index (κ3) is 2.90. The number of nitrogens with zero attached hydrogens (tertiary/aromatic N) is 2. The molecule has 0 aliphatic carbocycles. The van der Waals surface area contributed by atoms with E-state index in [4.69, 9.17) is 4.74 Å². The van der Waals surface area contributed by atoms with Gasteiger partial charge in [-0.2, -0.15) is 0 Å². The molecule has 2 N–H and O–H groups in total. The Kier molecular flexibility index (Phi) is 4.49. The first-order chi connectivity index (χ1) is 10.6. The quantitative estimate of drug-likeness (QED) is 0.836. The van der Waals surface area contributed by atoms with E-state index in [-0.39, 0.29) is 5.92 Å². The molecule has 0 radical (unpaired) electrons. The van der Waals surface area contributed by atoms with Crippen molar-refractivity contribution in [1.82, 2.24) is 14.9 Å². The van der Waals surface area contributed by atoms with Gasteiger partial charge in [-0.1, -0.05) is 13.3 Å². The first-order valence-electron chi connectivity index (χ1n) is 8.20. The molecule has 0 aromatic carbocycles. The molecule has 1 aromatic rings. The van der Waals surface area contributed by atoms with Crippen LogP contribution in [0, 0.1) is 11.3 Å². The minimum atomic E-state index is -0.719. The van der Waals surface area contributed by atoms with Crippen molar-refractivity contribution in [3.8, 4) is 0 Å². The number of rotatable bonds is 6. The average molecular weight is 307 g/mol. The van der Waals surface area contributed by atoms with Gasteiger partial charge in [0.25, 0.3) is 0 Å². The summed E-state index contributed by atoms with van der Waals surface area (Å²) in [5.74, 6) is 0.513. The van der Waals surface area contributed by atoms with Crippen molar-refractivity contribution in [3.63, 3.8) is 0 Å². The normalized spacial score (nSPS) is 28.7. The zero-order valence-electron chi connectivity index (χ0n) is 13.2. The summed E-state index contributed by atoms with van der Waals surface area (Å²) in [4.78, 5) is 21.8. The monoisotopic (exact) mass is 307 g/mol. The van der Waals surface area contributed by atoms with Gasteiger partial charge in [-0.25, -0.2) is 4.98 Å². The Morgan fingerprint density at radius 2 is 2.50 bits per heavy atom. The predicted molar refractivity (Wildman–Crippen MR) is 81.5 cm³/mol. The zero-order valence-corrected chi connectivity index (χ0v) is 13.2. The molecule has 2 aliphatic rings. The van der Waals surface area contributed by atoms with Crippen molar-refractivity contribution in [1.29, 1.82) is 0 Å². The number of aromatic nitrogens is 2. The molecule has 3 heterocycles. The molecule has 0 saturated carbocycles. The lowest BCUT2D eigenvalue weighted by molar-refractivity contribution is -0.159. The summed E-state index contributed by atoms with van der Waals surface area (Å²) < 4.78 is 5.47. The van der Waals surface area contributed by atoms with Gasteiger partial charge in [-0.3, -0.25) is 9.69 Å². The van der Waals surface area contributed by atoms with Crippen LogP contribution in [-0.2, 0) is 22.5 Å². The number of hydrogen-bond donors (Lipinski definition) is 2. The van der Waals surface area contributed by atoms with Crippen LogP contribution in [0.15, 0.2) is 6.20 Å². The smallest absolute Gasteiger partial charge is 0.313 e. The minimum Gasteiger partial charge on any atom is -0.481 e. The van der Waals surface area contributed by atoms with E-state index in [1.165, 1.54) is 0 Å². The number of hydrogen-bond acceptors (Lipinski definition) is 4. The summed E-state index contributed by atoms with van der Waals surface area (Å²) in [6.07, 6.45) is 6.00. The molecule has 122 valence electrons. The largest absolute Gasteiger partial charge is 0.481 e. The average Bonchev–Trinajstić information content (AvgIpc) is 3.09. The Bertz CT molecular complexity index is 530. The molecule has 3 rings (SSSR count). The number of nitrogens with one attached hydrogen (secondary N) is 1. The number of carbonyl (C=O) groups is 1. The predicted octanol–water partition coefficient (Wildman–Crippen LogP) is 1.68. The Morgan fingerprint density at radius 3 is 3.23 bits per heavy atom. The lowest BCUT2D eigenvalue weighted by atomic mass is 9.76. The molecule has 2 atom stereocenters. The molecule has 6 nitrogen and oxygen atoms in total. The Morgan fingerprint density at radius 1 is 1.64 bits per heavy atom. The summed E-state index contributed by atoms with van der Waals surface area (Å²) in [6.45, 7) is 5.33. The van der Waals surface area contributed by atoms with Gasteiger partial charge >= 0.3 is 5.97 Å². The molecule has 2 aliphatic heterocycles. The molecule has 0 unspecified atom stereocenters. The number of aryl methyl sites for hydroxylation is 1. The van der Waals surface area contributed by atoms with Gasteiger partial charge in [-0.15, -0.1) is 0 Å². The standard InChI is InChI=1S/C16H25N3O3/c1-2-3-4-14-17-7-13(18-14)9-19-8-12-5-6-22-11-16(12,10-19)15(20)21/h7,12H,2-6,8-11H2,1H3,(H,17,18)(H,20,21)/t12-,16+/m0/s1. The molecule has 22 heavy (non-hydrogen) atoms. The fourth-order valence-corrected chi connectivity index (χ4v) is 3.71. The van der Waals surface area contributed by atoms with E-state index in [0.717, 1.165) is 50.3 Å². The SMILES string of the molecule is CCCCc1ncc(CN2C[C@@H]3CCOC[C@]3(C(=O)O)C2)[nH]1. The lowest BCUT2D eigenvalue weighted by Crippen LogP contribution is -2.46. The van der Waals surface area contributed by atoms with Crippen molar-refractivity contribution in [2.45, 2.75) is 39.2 Å². The summed E-state index contributed by atoms with van der Waals surface area (Å²) in [6, 6.07) is 0. The second kappa shape index (κ2) is 6.38. The van der Waals surface area contributed by atoms with Crippen LogP contribution >= 0.6 is 0 Å². The number of carboxylic acids is 1. The second-order valence-electron chi connectivity index (χ2n) is 6.63. The number of imidazole rings is 1. The third-order valence-corrected chi connectivity index (χ3v) is 5.00. The highest BCUT2D eigenvalue weighted by atomic mass is 16.5. The Balaban J connectivity index is 1.64. The summed E-state index contributed by atoms with van der Waals surface area (Å²) in [7, 11) is 0. The van der Waals surface area contributed by atoms with Crippen LogP contribution < -0.4 is 0 Å². The number of H-pyrrole nitrogens is 1. The first kappa shape index (κ1) is 15.5. The van der Waals surface area contributed by atoms with Crippen LogP contribution in [0.3, 0.4) is 0 Å².